The maximum Gasteiger partial charge on any atom is 0.248 e. The molecule has 0 spiro atoms. The van der Waals surface area contributed by atoms with Gasteiger partial charge in [-0.05, 0) is 30.7 Å². The summed E-state index contributed by atoms with van der Waals surface area (Å²) in [5.41, 5.74) is 1.28. The molecule has 3 rings (SSSR count). The van der Waals surface area contributed by atoms with Gasteiger partial charge in [-0.1, -0.05) is 15.9 Å². The number of anilines is 2. The Hall–Kier alpha value is -2.26. The summed E-state index contributed by atoms with van der Waals surface area (Å²) in [6, 6.07) is 6.76. The molecule has 1 aliphatic rings. The van der Waals surface area contributed by atoms with Gasteiger partial charge in [0.05, 0.1) is 12.1 Å². The lowest BCUT2D eigenvalue weighted by Gasteiger charge is -2.08. The van der Waals surface area contributed by atoms with Crippen LogP contribution in [0, 0.1) is 0 Å². The van der Waals surface area contributed by atoms with Crippen molar-refractivity contribution in [3.05, 3.63) is 39.8 Å². The van der Waals surface area contributed by atoms with E-state index in [1.807, 2.05) is 12.1 Å². The van der Waals surface area contributed by atoms with Crippen LogP contribution in [-0.2, 0) is 20.8 Å². The number of hydrogen-bond donors (Lipinski definition) is 3. The second-order valence-corrected chi connectivity index (χ2v) is 7.30. The van der Waals surface area contributed by atoms with Crippen molar-refractivity contribution >= 4 is 55.8 Å². The lowest BCUT2D eigenvalue weighted by molar-refractivity contribution is -0.122. The predicted octanol–water partition coefficient (Wildman–Crippen LogP) is 2.30. The van der Waals surface area contributed by atoms with Gasteiger partial charge in [0.1, 0.15) is 6.04 Å². The van der Waals surface area contributed by atoms with E-state index in [1.54, 1.807) is 17.5 Å². The van der Waals surface area contributed by atoms with E-state index in [9.17, 15) is 14.4 Å². The van der Waals surface area contributed by atoms with Crippen molar-refractivity contribution in [2.75, 3.05) is 10.6 Å². The zero-order chi connectivity index (χ0) is 17.8. The van der Waals surface area contributed by atoms with Crippen LogP contribution in [0.15, 0.2) is 34.1 Å². The number of thiazole rings is 1. The number of benzene rings is 1. The van der Waals surface area contributed by atoms with Gasteiger partial charge >= 0.3 is 0 Å². The minimum Gasteiger partial charge on any atom is -0.344 e. The molecule has 25 heavy (non-hydrogen) atoms. The van der Waals surface area contributed by atoms with E-state index in [0.29, 0.717) is 29.4 Å². The van der Waals surface area contributed by atoms with Gasteiger partial charge in [-0.3, -0.25) is 14.4 Å². The first-order valence-electron chi connectivity index (χ1n) is 7.59. The fourth-order valence-corrected chi connectivity index (χ4v) is 3.33. The van der Waals surface area contributed by atoms with Crippen LogP contribution in [-0.4, -0.2) is 28.7 Å². The third-order valence-electron chi connectivity index (χ3n) is 3.56. The summed E-state index contributed by atoms with van der Waals surface area (Å²) in [7, 11) is 0. The molecule has 3 amide bonds. The maximum atomic E-state index is 12.1. The zero-order valence-electron chi connectivity index (χ0n) is 13.0. The van der Waals surface area contributed by atoms with Gasteiger partial charge in [-0.25, -0.2) is 4.98 Å². The number of nitrogens with zero attached hydrogens (tertiary/aromatic N) is 1. The highest BCUT2D eigenvalue weighted by Crippen LogP contribution is 2.18. The molecule has 130 valence electrons. The molecular weight excluding hydrogens is 408 g/mol. The number of carbonyl (C=O) groups is 3. The molecular formula is C16H15BrN4O3S. The largest absolute Gasteiger partial charge is 0.344 e. The number of amides is 3. The van der Waals surface area contributed by atoms with Gasteiger partial charge in [-0.15, -0.1) is 11.3 Å². The Labute approximate surface area is 156 Å². The van der Waals surface area contributed by atoms with Crippen molar-refractivity contribution in [3.8, 4) is 0 Å². The Kier molecular flexibility index (Phi) is 5.44. The molecule has 9 heteroatoms. The summed E-state index contributed by atoms with van der Waals surface area (Å²) in [6.07, 6.45) is 0.957. The first kappa shape index (κ1) is 17.6. The Bertz CT molecular complexity index is 806. The summed E-state index contributed by atoms with van der Waals surface area (Å²) >= 11 is 4.58. The van der Waals surface area contributed by atoms with Crippen LogP contribution in [0.25, 0.3) is 0 Å². The predicted molar refractivity (Wildman–Crippen MR) is 98.4 cm³/mol. The molecule has 1 saturated heterocycles. The first-order chi connectivity index (χ1) is 12.0. The molecule has 0 radical (unpaired) electrons. The van der Waals surface area contributed by atoms with Crippen LogP contribution < -0.4 is 16.0 Å². The molecule has 1 unspecified atom stereocenters. The molecule has 1 aliphatic heterocycles. The molecule has 2 aromatic rings. The third kappa shape index (κ3) is 4.86. The second-order valence-electron chi connectivity index (χ2n) is 5.52. The smallest absolute Gasteiger partial charge is 0.248 e. The van der Waals surface area contributed by atoms with Crippen molar-refractivity contribution in [1.29, 1.82) is 0 Å². The highest BCUT2D eigenvalue weighted by Gasteiger charge is 2.27. The molecule has 0 bridgehead atoms. The standard InChI is InChI=1S/C16H15BrN4O3S/c17-9-1-3-10(4-2-9)18-14(23)7-11-8-25-16(19-11)21-15(24)12-5-6-13(22)20-12/h1-4,8,12H,5-7H2,(H,18,23)(H,20,22)(H,19,21,24). The lowest BCUT2D eigenvalue weighted by atomic mass is 10.2. The van der Waals surface area contributed by atoms with Crippen molar-refractivity contribution < 1.29 is 14.4 Å². The van der Waals surface area contributed by atoms with Crippen LogP contribution in [0.5, 0.6) is 0 Å². The van der Waals surface area contributed by atoms with E-state index < -0.39 is 6.04 Å². The van der Waals surface area contributed by atoms with E-state index in [2.05, 4.69) is 36.9 Å². The minimum atomic E-state index is -0.513. The molecule has 1 fully saturated rings. The first-order valence-corrected chi connectivity index (χ1v) is 9.27. The Morgan fingerprint density at radius 2 is 2.04 bits per heavy atom. The van der Waals surface area contributed by atoms with Gasteiger partial charge < -0.3 is 16.0 Å². The van der Waals surface area contributed by atoms with E-state index in [1.165, 1.54) is 11.3 Å². The van der Waals surface area contributed by atoms with E-state index >= 15 is 0 Å². The fraction of sp³-hybridized carbons (Fsp3) is 0.250. The van der Waals surface area contributed by atoms with Gasteiger partial charge in [0.2, 0.25) is 17.7 Å². The number of rotatable bonds is 5. The van der Waals surface area contributed by atoms with E-state index in [0.717, 1.165) is 4.47 Å². The normalized spacial score (nSPS) is 16.4. The van der Waals surface area contributed by atoms with Crippen molar-refractivity contribution in [2.45, 2.75) is 25.3 Å². The summed E-state index contributed by atoms with van der Waals surface area (Å²) in [4.78, 5) is 39.5. The number of nitrogens with one attached hydrogen (secondary N) is 3. The van der Waals surface area contributed by atoms with Crippen molar-refractivity contribution in [2.24, 2.45) is 0 Å². The molecule has 1 aromatic heterocycles. The average molecular weight is 423 g/mol. The highest BCUT2D eigenvalue weighted by molar-refractivity contribution is 9.10. The topological polar surface area (TPSA) is 100 Å². The quantitative estimate of drug-likeness (QED) is 0.687. The second kappa shape index (κ2) is 7.75. The van der Waals surface area contributed by atoms with Gasteiger partial charge in [0.25, 0.3) is 0 Å². The van der Waals surface area contributed by atoms with Gasteiger partial charge in [0, 0.05) is 22.0 Å². The Morgan fingerprint density at radius 3 is 2.72 bits per heavy atom. The Balaban J connectivity index is 1.52. The zero-order valence-corrected chi connectivity index (χ0v) is 15.4. The van der Waals surface area contributed by atoms with Gasteiger partial charge in [-0.2, -0.15) is 0 Å². The maximum absolute atomic E-state index is 12.1. The van der Waals surface area contributed by atoms with Crippen LogP contribution in [0.4, 0.5) is 10.8 Å². The number of aromatic nitrogens is 1. The molecule has 1 aromatic carbocycles. The minimum absolute atomic E-state index is 0.114. The monoisotopic (exact) mass is 422 g/mol. The van der Waals surface area contributed by atoms with Crippen molar-refractivity contribution in [1.82, 2.24) is 10.3 Å². The van der Waals surface area contributed by atoms with Crippen LogP contribution in [0.3, 0.4) is 0 Å². The third-order valence-corrected chi connectivity index (χ3v) is 4.90. The van der Waals surface area contributed by atoms with Crippen LogP contribution >= 0.6 is 27.3 Å². The molecule has 1 atom stereocenters. The molecule has 2 heterocycles. The van der Waals surface area contributed by atoms with Crippen molar-refractivity contribution in [3.63, 3.8) is 0 Å². The number of carbonyl (C=O) groups excluding carboxylic acids is 3. The molecule has 7 nitrogen and oxygen atoms in total. The van der Waals surface area contributed by atoms with E-state index in [4.69, 9.17) is 0 Å². The van der Waals surface area contributed by atoms with E-state index in [-0.39, 0.29) is 24.1 Å². The van der Waals surface area contributed by atoms with Crippen LogP contribution in [0.2, 0.25) is 0 Å². The summed E-state index contributed by atoms with van der Waals surface area (Å²) < 4.78 is 0.934. The molecule has 3 N–H and O–H groups in total. The highest BCUT2D eigenvalue weighted by atomic mass is 79.9. The summed E-state index contributed by atoms with van der Waals surface area (Å²) in [6.45, 7) is 0. The lowest BCUT2D eigenvalue weighted by Crippen LogP contribution is -2.37. The molecule has 0 saturated carbocycles. The van der Waals surface area contributed by atoms with Gasteiger partial charge in [0.15, 0.2) is 5.13 Å². The SMILES string of the molecule is O=C(Cc1csc(NC(=O)C2CCC(=O)N2)n1)Nc1ccc(Br)cc1. The average Bonchev–Trinajstić information content (AvgIpc) is 3.19. The molecule has 0 aliphatic carbocycles. The summed E-state index contributed by atoms with van der Waals surface area (Å²) in [5, 5.41) is 10.2. The summed E-state index contributed by atoms with van der Waals surface area (Å²) in [5.74, 6) is -0.593. The number of hydrogen-bond acceptors (Lipinski definition) is 5. The number of halogens is 1. The van der Waals surface area contributed by atoms with Crippen LogP contribution in [0.1, 0.15) is 18.5 Å². The Morgan fingerprint density at radius 1 is 1.28 bits per heavy atom. The fourth-order valence-electron chi connectivity index (χ4n) is 2.35.